The fourth-order valence-corrected chi connectivity index (χ4v) is 2.20. The zero-order valence-electron chi connectivity index (χ0n) is 6.73. The predicted octanol–water partition coefficient (Wildman–Crippen LogP) is 2.50. The second-order valence-electron chi connectivity index (χ2n) is 3.67. The molecule has 2 atom stereocenters. The lowest BCUT2D eigenvalue weighted by Gasteiger charge is -2.05. The molecule has 2 unspecified atom stereocenters. The molecule has 0 amide bonds. The summed E-state index contributed by atoms with van der Waals surface area (Å²) in [6.07, 6.45) is 8.78. The van der Waals surface area contributed by atoms with Crippen molar-refractivity contribution in [3.63, 3.8) is 0 Å². The molecule has 0 aromatic rings. The Kier molecular flexibility index (Phi) is 1.48. The lowest BCUT2D eigenvalue weighted by molar-refractivity contribution is 0.238. The van der Waals surface area contributed by atoms with Crippen molar-refractivity contribution in [3.05, 3.63) is 0 Å². The van der Waals surface area contributed by atoms with Crippen LogP contribution in [0.25, 0.3) is 0 Å². The number of hydrogen-bond acceptors (Lipinski definition) is 1. The Bertz CT molecular complexity index is 133. The maximum absolute atomic E-state index is 5.64. The number of epoxide rings is 1. The minimum atomic E-state index is 0.413. The van der Waals surface area contributed by atoms with E-state index >= 15 is 0 Å². The van der Waals surface area contributed by atoms with Crippen LogP contribution in [0.4, 0.5) is 0 Å². The van der Waals surface area contributed by atoms with Crippen LogP contribution in [-0.4, -0.2) is 11.7 Å². The van der Waals surface area contributed by atoms with E-state index in [0.717, 1.165) is 0 Å². The Balaban J connectivity index is 1.82. The van der Waals surface area contributed by atoms with Crippen molar-refractivity contribution in [1.82, 2.24) is 0 Å². The van der Waals surface area contributed by atoms with E-state index in [1.54, 1.807) is 0 Å². The van der Waals surface area contributed by atoms with Gasteiger partial charge in [-0.05, 0) is 25.7 Å². The Hall–Kier alpha value is -0.0400. The van der Waals surface area contributed by atoms with Gasteiger partial charge in [0, 0.05) is 0 Å². The van der Waals surface area contributed by atoms with Crippen LogP contribution in [0.5, 0.6) is 0 Å². The van der Waals surface area contributed by atoms with Gasteiger partial charge in [0.15, 0.2) is 0 Å². The first-order valence-corrected chi connectivity index (χ1v) is 4.55. The van der Waals surface area contributed by atoms with Gasteiger partial charge in [-0.2, -0.15) is 0 Å². The van der Waals surface area contributed by atoms with Crippen molar-refractivity contribution in [2.45, 2.75) is 57.2 Å². The largest absolute Gasteiger partial charge is 0.366 e. The Morgan fingerprint density at radius 3 is 3.00 bits per heavy atom. The minimum absolute atomic E-state index is 0.413. The van der Waals surface area contributed by atoms with Crippen LogP contribution in [0.3, 0.4) is 0 Å². The van der Waals surface area contributed by atoms with E-state index < -0.39 is 0 Å². The third kappa shape index (κ3) is 0.878. The molecule has 0 radical (unpaired) electrons. The van der Waals surface area contributed by atoms with Crippen molar-refractivity contribution < 1.29 is 4.74 Å². The molecule has 2 rings (SSSR count). The maximum atomic E-state index is 5.64. The van der Waals surface area contributed by atoms with Crippen LogP contribution in [0.2, 0.25) is 0 Å². The standard InChI is InChI=1S/C9H16O/c1-2-3-6-9-7-4-5-8(9)10-9/h8H,2-7H2,1H3. The second-order valence-corrected chi connectivity index (χ2v) is 3.67. The molecule has 0 aromatic carbocycles. The van der Waals surface area contributed by atoms with Gasteiger partial charge in [0.05, 0.1) is 11.7 Å². The van der Waals surface area contributed by atoms with Crippen LogP contribution < -0.4 is 0 Å². The first-order chi connectivity index (χ1) is 4.87. The van der Waals surface area contributed by atoms with E-state index in [1.165, 1.54) is 38.5 Å². The monoisotopic (exact) mass is 140 g/mol. The van der Waals surface area contributed by atoms with E-state index in [0.29, 0.717) is 11.7 Å². The second kappa shape index (κ2) is 2.23. The molecular weight excluding hydrogens is 124 g/mol. The summed E-state index contributed by atoms with van der Waals surface area (Å²) >= 11 is 0. The SMILES string of the molecule is CCCCC12CCCC1O2. The highest BCUT2D eigenvalue weighted by atomic mass is 16.6. The summed E-state index contributed by atoms with van der Waals surface area (Å²) in [5.41, 5.74) is 0.413. The number of fused-ring (bicyclic) bond motifs is 1. The highest BCUT2D eigenvalue weighted by molar-refractivity contribution is 5.06. The summed E-state index contributed by atoms with van der Waals surface area (Å²) in [6.45, 7) is 2.25. The third-order valence-electron chi connectivity index (χ3n) is 2.93. The molecule has 1 nitrogen and oxygen atoms in total. The molecule has 58 valence electrons. The average molecular weight is 140 g/mol. The molecule has 1 aliphatic carbocycles. The summed E-state index contributed by atoms with van der Waals surface area (Å²) in [7, 11) is 0. The van der Waals surface area contributed by atoms with Gasteiger partial charge in [0.2, 0.25) is 0 Å². The first kappa shape index (κ1) is 6.66. The molecule has 0 spiro atoms. The van der Waals surface area contributed by atoms with Crippen molar-refractivity contribution in [2.75, 3.05) is 0 Å². The zero-order chi connectivity index (χ0) is 7.03. The lowest BCUT2D eigenvalue weighted by Crippen LogP contribution is -2.08. The molecule has 1 aliphatic heterocycles. The summed E-state index contributed by atoms with van der Waals surface area (Å²) in [4.78, 5) is 0. The quantitative estimate of drug-likeness (QED) is 0.549. The van der Waals surface area contributed by atoms with Gasteiger partial charge in [-0.15, -0.1) is 0 Å². The average Bonchev–Trinajstić information content (AvgIpc) is 2.51. The highest BCUT2D eigenvalue weighted by Crippen LogP contribution is 2.52. The molecule has 0 N–H and O–H groups in total. The van der Waals surface area contributed by atoms with Crippen molar-refractivity contribution in [2.24, 2.45) is 0 Å². The Labute approximate surface area is 62.8 Å². The van der Waals surface area contributed by atoms with Crippen molar-refractivity contribution >= 4 is 0 Å². The summed E-state index contributed by atoms with van der Waals surface area (Å²) in [6, 6.07) is 0. The molecule has 2 fully saturated rings. The van der Waals surface area contributed by atoms with Gasteiger partial charge in [-0.3, -0.25) is 0 Å². The summed E-state index contributed by atoms with van der Waals surface area (Å²) in [5.74, 6) is 0. The van der Waals surface area contributed by atoms with Gasteiger partial charge in [-0.1, -0.05) is 19.8 Å². The molecule has 0 aromatic heterocycles. The fraction of sp³-hybridized carbons (Fsp3) is 1.00. The van der Waals surface area contributed by atoms with Crippen LogP contribution in [0.1, 0.15) is 45.4 Å². The third-order valence-corrected chi connectivity index (χ3v) is 2.93. The maximum Gasteiger partial charge on any atom is 0.0948 e. The fourth-order valence-electron chi connectivity index (χ4n) is 2.20. The predicted molar refractivity (Wildman–Crippen MR) is 41.0 cm³/mol. The zero-order valence-corrected chi connectivity index (χ0v) is 6.73. The van der Waals surface area contributed by atoms with E-state index in [1.807, 2.05) is 0 Å². The number of unbranched alkanes of at least 4 members (excludes halogenated alkanes) is 1. The first-order valence-electron chi connectivity index (χ1n) is 4.55. The molecular formula is C9H16O. The van der Waals surface area contributed by atoms with Crippen LogP contribution in [0.15, 0.2) is 0 Å². The summed E-state index contributed by atoms with van der Waals surface area (Å²) in [5, 5.41) is 0. The molecule has 2 aliphatic rings. The Morgan fingerprint density at radius 1 is 1.60 bits per heavy atom. The highest BCUT2D eigenvalue weighted by Gasteiger charge is 2.58. The van der Waals surface area contributed by atoms with Gasteiger partial charge in [0.1, 0.15) is 0 Å². The van der Waals surface area contributed by atoms with E-state index in [2.05, 4.69) is 6.92 Å². The van der Waals surface area contributed by atoms with Gasteiger partial charge >= 0.3 is 0 Å². The molecule has 1 heteroatoms. The number of hydrogen-bond donors (Lipinski definition) is 0. The van der Waals surface area contributed by atoms with E-state index in [-0.39, 0.29) is 0 Å². The smallest absolute Gasteiger partial charge is 0.0948 e. The number of ether oxygens (including phenoxy) is 1. The van der Waals surface area contributed by atoms with E-state index in [4.69, 9.17) is 4.74 Å². The summed E-state index contributed by atoms with van der Waals surface area (Å²) < 4.78 is 5.64. The lowest BCUT2D eigenvalue weighted by atomic mass is 10.0. The van der Waals surface area contributed by atoms with Crippen LogP contribution in [-0.2, 0) is 4.74 Å². The molecule has 1 heterocycles. The Morgan fingerprint density at radius 2 is 2.50 bits per heavy atom. The molecule has 0 bridgehead atoms. The van der Waals surface area contributed by atoms with Crippen molar-refractivity contribution in [1.29, 1.82) is 0 Å². The van der Waals surface area contributed by atoms with E-state index in [9.17, 15) is 0 Å². The van der Waals surface area contributed by atoms with Crippen molar-refractivity contribution in [3.8, 4) is 0 Å². The topological polar surface area (TPSA) is 12.5 Å². The number of rotatable bonds is 3. The molecule has 1 saturated carbocycles. The minimum Gasteiger partial charge on any atom is -0.366 e. The normalized spacial score (nSPS) is 43.5. The van der Waals surface area contributed by atoms with Crippen LogP contribution >= 0.6 is 0 Å². The van der Waals surface area contributed by atoms with Gasteiger partial charge in [0.25, 0.3) is 0 Å². The molecule has 1 saturated heterocycles. The van der Waals surface area contributed by atoms with Crippen LogP contribution in [0, 0.1) is 0 Å². The van der Waals surface area contributed by atoms with Gasteiger partial charge < -0.3 is 4.74 Å². The van der Waals surface area contributed by atoms with Gasteiger partial charge in [-0.25, -0.2) is 0 Å². The molecule has 10 heavy (non-hydrogen) atoms.